The van der Waals surface area contributed by atoms with E-state index in [1.807, 2.05) is 32.9 Å². The number of sulfonamides is 1. The molecule has 0 atom stereocenters. The van der Waals surface area contributed by atoms with Gasteiger partial charge in [-0.2, -0.15) is 0 Å². The first-order valence-electron chi connectivity index (χ1n) is 7.57. The molecule has 0 N–H and O–H groups in total. The molecule has 2 aromatic rings. The SMILES string of the molecule is COC(=O)c1cccc(S(=O)(=O)N(c2ccc(C)cc2)C(C)C)c1. The van der Waals surface area contributed by atoms with Crippen molar-refractivity contribution in [3.05, 3.63) is 59.7 Å². The maximum Gasteiger partial charge on any atom is 0.337 e. The lowest BCUT2D eigenvalue weighted by atomic mass is 10.2. The molecule has 0 aliphatic heterocycles. The molecule has 0 fully saturated rings. The molecule has 0 aromatic heterocycles. The van der Waals surface area contributed by atoms with E-state index >= 15 is 0 Å². The lowest BCUT2D eigenvalue weighted by molar-refractivity contribution is 0.0600. The van der Waals surface area contributed by atoms with Crippen molar-refractivity contribution in [3.63, 3.8) is 0 Å². The van der Waals surface area contributed by atoms with Crippen LogP contribution in [0.25, 0.3) is 0 Å². The van der Waals surface area contributed by atoms with Crippen LogP contribution in [0.2, 0.25) is 0 Å². The van der Waals surface area contributed by atoms with Gasteiger partial charge in [0.1, 0.15) is 0 Å². The van der Waals surface area contributed by atoms with Gasteiger partial charge >= 0.3 is 5.97 Å². The van der Waals surface area contributed by atoms with Gasteiger partial charge in [0.15, 0.2) is 0 Å². The average Bonchev–Trinajstić information content (AvgIpc) is 2.55. The monoisotopic (exact) mass is 347 g/mol. The van der Waals surface area contributed by atoms with Crippen LogP contribution in [0, 0.1) is 6.92 Å². The van der Waals surface area contributed by atoms with E-state index in [-0.39, 0.29) is 16.5 Å². The highest BCUT2D eigenvalue weighted by Crippen LogP contribution is 2.27. The number of anilines is 1. The van der Waals surface area contributed by atoms with Crippen molar-refractivity contribution in [2.45, 2.75) is 31.7 Å². The van der Waals surface area contributed by atoms with Gasteiger partial charge in [-0.05, 0) is 51.1 Å². The molecule has 0 unspecified atom stereocenters. The van der Waals surface area contributed by atoms with Crippen LogP contribution in [0.1, 0.15) is 29.8 Å². The Bertz CT molecular complexity index is 826. The third-order valence-electron chi connectivity index (χ3n) is 3.57. The van der Waals surface area contributed by atoms with Crippen molar-refractivity contribution in [1.82, 2.24) is 0 Å². The molecule has 0 amide bonds. The van der Waals surface area contributed by atoms with Crippen LogP contribution < -0.4 is 4.31 Å². The maximum absolute atomic E-state index is 13.1. The van der Waals surface area contributed by atoms with Gasteiger partial charge < -0.3 is 4.74 Å². The average molecular weight is 347 g/mol. The number of hydrogen-bond donors (Lipinski definition) is 0. The first kappa shape index (κ1) is 18.0. The molecule has 24 heavy (non-hydrogen) atoms. The minimum absolute atomic E-state index is 0.0553. The zero-order valence-corrected chi connectivity index (χ0v) is 15.0. The lowest BCUT2D eigenvalue weighted by Crippen LogP contribution is -2.37. The highest BCUT2D eigenvalue weighted by atomic mass is 32.2. The fourth-order valence-electron chi connectivity index (χ4n) is 2.42. The smallest absolute Gasteiger partial charge is 0.337 e. The molecule has 0 aliphatic carbocycles. The predicted octanol–water partition coefficient (Wildman–Crippen LogP) is 3.39. The number of benzene rings is 2. The van der Waals surface area contributed by atoms with Gasteiger partial charge in [-0.15, -0.1) is 0 Å². The van der Waals surface area contributed by atoms with Crippen LogP contribution in [0.4, 0.5) is 5.69 Å². The minimum Gasteiger partial charge on any atom is -0.465 e. The number of carbonyl (C=O) groups is 1. The number of rotatable bonds is 5. The summed E-state index contributed by atoms with van der Waals surface area (Å²) in [5.41, 5.74) is 1.83. The Morgan fingerprint density at radius 2 is 1.71 bits per heavy atom. The van der Waals surface area contributed by atoms with Gasteiger partial charge in [0.05, 0.1) is 23.3 Å². The molecule has 0 aliphatic rings. The molecule has 0 saturated carbocycles. The summed E-state index contributed by atoms with van der Waals surface area (Å²) in [6, 6.07) is 12.9. The number of esters is 1. The van der Waals surface area contributed by atoms with Crippen molar-refractivity contribution in [2.24, 2.45) is 0 Å². The second-order valence-corrected chi connectivity index (χ2v) is 7.56. The van der Waals surface area contributed by atoms with Gasteiger partial charge in [0.25, 0.3) is 10.0 Å². The van der Waals surface area contributed by atoms with Crippen molar-refractivity contribution in [1.29, 1.82) is 0 Å². The van der Waals surface area contributed by atoms with Crippen molar-refractivity contribution in [2.75, 3.05) is 11.4 Å². The molecule has 2 aromatic carbocycles. The number of carbonyl (C=O) groups excluding carboxylic acids is 1. The first-order chi connectivity index (χ1) is 11.3. The van der Waals surface area contributed by atoms with Crippen molar-refractivity contribution >= 4 is 21.7 Å². The van der Waals surface area contributed by atoms with E-state index in [1.54, 1.807) is 12.1 Å². The second kappa shape index (κ2) is 7.05. The van der Waals surface area contributed by atoms with Crippen LogP contribution in [0.15, 0.2) is 53.4 Å². The van der Waals surface area contributed by atoms with Gasteiger partial charge in [0.2, 0.25) is 0 Å². The lowest BCUT2D eigenvalue weighted by Gasteiger charge is -2.28. The Morgan fingerprint density at radius 3 is 2.25 bits per heavy atom. The molecular weight excluding hydrogens is 326 g/mol. The third kappa shape index (κ3) is 3.59. The molecule has 0 saturated heterocycles. The van der Waals surface area contributed by atoms with Crippen LogP contribution in [0.5, 0.6) is 0 Å². The Morgan fingerprint density at radius 1 is 1.08 bits per heavy atom. The molecule has 5 nitrogen and oxygen atoms in total. The van der Waals surface area contributed by atoms with Gasteiger partial charge in [-0.25, -0.2) is 13.2 Å². The number of ether oxygens (including phenoxy) is 1. The summed E-state index contributed by atoms with van der Waals surface area (Å²) >= 11 is 0. The summed E-state index contributed by atoms with van der Waals surface area (Å²) in [7, 11) is -2.54. The third-order valence-corrected chi connectivity index (χ3v) is 5.57. The van der Waals surface area contributed by atoms with Crippen LogP contribution in [0.3, 0.4) is 0 Å². The highest BCUT2D eigenvalue weighted by Gasteiger charge is 2.28. The normalized spacial score (nSPS) is 11.4. The Balaban J connectivity index is 2.53. The minimum atomic E-state index is -3.80. The van der Waals surface area contributed by atoms with Crippen LogP contribution in [-0.2, 0) is 14.8 Å². The molecule has 2 rings (SSSR count). The fourth-order valence-corrected chi connectivity index (χ4v) is 4.13. The highest BCUT2D eigenvalue weighted by molar-refractivity contribution is 7.92. The Labute approximate surface area is 142 Å². The molecule has 0 radical (unpaired) electrons. The van der Waals surface area contributed by atoms with Crippen molar-refractivity contribution < 1.29 is 17.9 Å². The predicted molar refractivity (Wildman–Crippen MR) is 93.8 cm³/mol. The summed E-state index contributed by atoms with van der Waals surface area (Å²) in [5.74, 6) is -0.571. The largest absolute Gasteiger partial charge is 0.465 e. The second-order valence-electron chi connectivity index (χ2n) is 5.75. The summed E-state index contributed by atoms with van der Waals surface area (Å²) in [6.45, 7) is 5.56. The number of nitrogens with zero attached hydrogens (tertiary/aromatic N) is 1. The standard InChI is InChI=1S/C18H21NO4S/c1-13(2)19(16-10-8-14(3)9-11-16)24(21,22)17-7-5-6-15(12-17)18(20)23-4/h5-13H,1-4H3. The Hall–Kier alpha value is -2.34. The van der Waals surface area contributed by atoms with E-state index in [1.165, 1.54) is 35.7 Å². The molecule has 0 heterocycles. The summed E-state index contributed by atoms with van der Waals surface area (Å²) in [6.07, 6.45) is 0. The first-order valence-corrected chi connectivity index (χ1v) is 9.01. The molecular formula is C18H21NO4S. The molecule has 0 bridgehead atoms. The number of hydrogen-bond acceptors (Lipinski definition) is 4. The Kier molecular flexibility index (Phi) is 5.29. The van der Waals surface area contributed by atoms with Gasteiger partial charge in [-0.1, -0.05) is 23.8 Å². The molecule has 6 heteroatoms. The van der Waals surface area contributed by atoms with E-state index in [9.17, 15) is 13.2 Å². The fraction of sp³-hybridized carbons (Fsp3) is 0.278. The summed E-state index contributed by atoms with van der Waals surface area (Å²) < 4.78 is 32.2. The maximum atomic E-state index is 13.1. The van der Waals surface area contributed by atoms with Crippen LogP contribution >= 0.6 is 0 Å². The topological polar surface area (TPSA) is 63.7 Å². The van der Waals surface area contributed by atoms with Crippen LogP contribution in [-0.4, -0.2) is 27.5 Å². The van der Waals surface area contributed by atoms with E-state index in [0.29, 0.717) is 5.69 Å². The molecule has 0 spiro atoms. The number of aryl methyl sites for hydroxylation is 1. The number of methoxy groups -OCH3 is 1. The summed E-state index contributed by atoms with van der Waals surface area (Å²) in [4.78, 5) is 11.7. The summed E-state index contributed by atoms with van der Waals surface area (Å²) in [5, 5.41) is 0. The van der Waals surface area contributed by atoms with Crippen molar-refractivity contribution in [3.8, 4) is 0 Å². The van der Waals surface area contributed by atoms with Gasteiger partial charge in [-0.3, -0.25) is 4.31 Å². The van der Waals surface area contributed by atoms with E-state index in [2.05, 4.69) is 4.74 Å². The quantitative estimate of drug-likeness (QED) is 0.778. The zero-order valence-electron chi connectivity index (χ0n) is 14.2. The van der Waals surface area contributed by atoms with E-state index in [4.69, 9.17) is 0 Å². The zero-order chi connectivity index (χ0) is 17.9. The van der Waals surface area contributed by atoms with E-state index in [0.717, 1.165) is 5.56 Å². The molecule has 128 valence electrons. The van der Waals surface area contributed by atoms with E-state index < -0.39 is 16.0 Å². The van der Waals surface area contributed by atoms with Gasteiger partial charge in [0, 0.05) is 6.04 Å².